The molecule has 0 spiro atoms. The summed E-state index contributed by atoms with van der Waals surface area (Å²) in [5, 5.41) is 1.47. The van der Waals surface area contributed by atoms with Gasteiger partial charge in [0, 0.05) is 16.1 Å². The second kappa shape index (κ2) is 3.93. The van der Waals surface area contributed by atoms with E-state index in [9.17, 15) is 0 Å². The molecule has 0 radical (unpaired) electrons. The van der Waals surface area contributed by atoms with Crippen LogP contribution >= 0.6 is 11.6 Å². The van der Waals surface area contributed by atoms with Gasteiger partial charge < -0.3 is 0 Å². The summed E-state index contributed by atoms with van der Waals surface area (Å²) in [7, 11) is 1.12. The van der Waals surface area contributed by atoms with Crippen LogP contribution in [-0.4, -0.2) is 16.1 Å². The molecule has 1 aromatic rings. The molecule has 2 heteroatoms. The van der Waals surface area contributed by atoms with Gasteiger partial charge in [0.05, 0.1) is 0 Å². The van der Waals surface area contributed by atoms with Gasteiger partial charge in [-0.1, -0.05) is 36.4 Å². The van der Waals surface area contributed by atoms with Crippen molar-refractivity contribution in [1.82, 2.24) is 0 Å². The highest BCUT2D eigenvalue weighted by Gasteiger charge is 2.04. The zero-order chi connectivity index (χ0) is 8.27. The van der Waals surface area contributed by atoms with Crippen molar-refractivity contribution in [2.24, 2.45) is 0 Å². The summed E-state index contributed by atoms with van der Waals surface area (Å²) >= 11 is 5.77. The van der Waals surface area contributed by atoms with Crippen LogP contribution in [0, 0.1) is 0 Å². The maximum absolute atomic E-state index is 5.77. The first kappa shape index (κ1) is 8.82. The van der Waals surface area contributed by atoms with Crippen LogP contribution in [0.4, 0.5) is 0 Å². The van der Waals surface area contributed by atoms with Gasteiger partial charge >= 0.3 is 0 Å². The zero-order valence-corrected chi connectivity index (χ0v) is 9.73. The molecule has 11 heavy (non-hydrogen) atoms. The fraction of sp³-hybridized carbons (Fsp3) is 0.333. The van der Waals surface area contributed by atoms with E-state index in [0.717, 1.165) is 16.1 Å². The Hall–Kier alpha value is -0.273. The smallest absolute Gasteiger partial charge is 0.0388 e. The molecule has 1 aromatic carbocycles. The van der Waals surface area contributed by atoms with Gasteiger partial charge in [-0.2, -0.15) is 0 Å². The molecule has 0 bridgehead atoms. The van der Waals surface area contributed by atoms with E-state index in [-0.39, 0.29) is 0 Å². The van der Waals surface area contributed by atoms with Gasteiger partial charge in [0.1, 0.15) is 0 Å². The topological polar surface area (TPSA) is 0 Å². The molecule has 0 fully saturated rings. The number of benzene rings is 1. The fourth-order valence-electron chi connectivity index (χ4n) is 1.22. The van der Waals surface area contributed by atoms with Crippen LogP contribution in [0.2, 0.25) is 0 Å². The lowest BCUT2D eigenvalue weighted by Gasteiger charge is -2.10. The van der Waals surface area contributed by atoms with E-state index >= 15 is 0 Å². The summed E-state index contributed by atoms with van der Waals surface area (Å²) in [6, 6.07) is 8.53. The Kier molecular flexibility index (Phi) is 3.15. The molecular formula is C9H13ClSi. The van der Waals surface area contributed by atoms with Crippen molar-refractivity contribution in [1.29, 1.82) is 0 Å². The van der Waals surface area contributed by atoms with E-state index in [1.165, 1.54) is 10.8 Å². The molecule has 0 N–H and O–H groups in total. The molecule has 0 aliphatic carbocycles. The SMILES string of the molecule is CC(CCl)c1ccccc1[SiH3]. The van der Waals surface area contributed by atoms with Gasteiger partial charge in [0.15, 0.2) is 0 Å². The summed E-state index contributed by atoms with van der Waals surface area (Å²) < 4.78 is 0. The van der Waals surface area contributed by atoms with Crippen LogP contribution < -0.4 is 5.19 Å². The molecule has 0 amide bonds. The summed E-state index contributed by atoms with van der Waals surface area (Å²) in [5.41, 5.74) is 1.43. The number of hydrogen-bond acceptors (Lipinski definition) is 0. The molecule has 0 saturated heterocycles. The van der Waals surface area contributed by atoms with Gasteiger partial charge in [0.2, 0.25) is 0 Å². The average molecular weight is 185 g/mol. The third-order valence-electron chi connectivity index (χ3n) is 1.95. The molecule has 0 nitrogen and oxygen atoms in total. The zero-order valence-electron chi connectivity index (χ0n) is 6.97. The molecule has 1 unspecified atom stereocenters. The molecule has 0 heterocycles. The lowest BCUT2D eigenvalue weighted by Crippen LogP contribution is -2.12. The minimum Gasteiger partial charge on any atom is -0.126 e. The van der Waals surface area contributed by atoms with Crippen molar-refractivity contribution in [3.63, 3.8) is 0 Å². The van der Waals surface area contributed by atoms with E-state index in [4.69, 9.17) is 11.6 Å². The van der Waals surface area contributed by atoms with Crippen LogP contribution in [0.3, 0.4) is 0 Å². The summed E-state index contributed by atoms with van der Waals surface area (Å²) in [5.74, 6) is 1.23. The highest BCUT2D eigenvalue weighted by Crippen LogP contribution is 2.12. The van der Waals surface area contributed by atoms with E-state index in [2.05, 4.69) is 31.2 Å². The van der Waals surface area contributed by atoms with Crippen molar-refractivity contribution in [3.05, 3.63) is 29.8 Å². The maximum Gasteiger partial charge on any atom is 0.0388 e. The van der Waals surface area contributed by atoms with Crippen molar-refractivity contribution < 1.29 is 0 Å². The fourth-order valence-corrected chi connectivity index (χ4v) is 2.24. The highest BCUT2D eigenvalue weighted by molar-refractivity contribution is 6.33. The van der Waals surface area contributed by atoms with Crippen molar-refractivity contribution in [2.45, 2.75) is 12.8 Å². The number of hydrogen-bond donors (Lipinski definition) is 0. The third-order valence-corrected chi connectivity index (χ3v) is 3.32. The van der Waals surface area contributed by atoms with Crippen LogP contribution in [0.15, 0.2) is 24.3 Å². The Morgan fingerprint density at radius 3 is 2.64 bits per heavy atom. The number of rotatable bonds is 2. The van der Waals surface area contributed by atoms with Crippen LogP contribution in [0.5, 0.6) is 0 Å². The Morgan fingerprint density at radius 1 is 1.45 bits per heavy atom. The van der Waals surface area contributed by atoms with Crippen LogP contribution in [0.1, 0.15) is 18.4 Å². The van der Waals surface area contributed by atoms with E-state index < -0.39 is 0 Å². The Labute approximate surface area is 76.0 Å². The summed E-state index contributed by atoms with van der Waals surface area (Å²) in [6.07, 6.45) is 0. The van der Waals surface area contributed by atoms with E-state index in [1.807, 2.05) is 0 Å². The summed E-state index contributed by atoms with van der Waals surface area (Å²) in [6.45, 7) is 2.17. The molecule has 60 valence electrons. The van der Waals surface area contributed by atoms with E-state index in [1.54, 1.807) is 0 Å². The molecule has 1 rings (SSSR count). The molecule has 0 aromatic heterocycles. The minimum absolute atomic E-state index is 0.505. The predicted molar refractivity (Wildman–Crippen MR) is 55.2 cm³/mol. The minimum atomic E-state index is 0.505. The molecule has 1 atom stereocenters. The van der Waals surface area contributed by atoms with Crippen molar-refractivity contribution in [3.8, 4) is 0 Å². The molecular weight excluding hydrogens is 172 g/mol. The monoisotopic (exact) mass is 184 g/mol. The van der Waals surface area contributed by atoms with Gasteiger partial charge in [-0.15, -0.1) is 11.6 Å². The average Bonchev–Trinajstić information content (AvgIpc) is 2.04. The summed E-state index contributed by atoms with van der Waals surface area (Å²) in [4.78, 5) is 0. The predicted octanol–water partition coefficient (Wildman–Crippen LogP) is 1.02. The maximum atomic E-state index is 5.77. The Bertz CT molecular complexity index is 235. The first-order chi connectivity index (χ1) is 5.25. The molecule has 0 saturated carbocycles. The van der Waals surface area contributed by atoms with Gasteiger partial charge in [-0.3, -0.25) is 0 Å². The van der Waals surface area contributed by atoms with Gasteiger partial charge in [0.25, 0.3) is 0 Å². The number of alkyl halides is 1. The Morgan fingerprint density at radius 2 is 2.09 bits per heavy atom. The Balaban J connectivity index is 2.93. The van der Waals surface area contributed by atoms with Crippen LogP contribution in [-0.2, 0) is 0 Å². The lowest BCUT2D eigenvalue weighted by molar-refractivity contribution is 0.882. The van der Waals surface area contributed by atoms with Gasteiger partial charge in [-0.05, 0) is 11.5 Å². The van der Waals surface area contributed by atoms with Crippen molar-refractivity contribution in [2.75, 3.05) is 5.88 Å². The quantitative estimate of drug-likeness (QED) is 0.476. The first-order valence-electron chi connectivity index (χ1n) is 3.87. The molecule has 0 aliphatic heterocycles. The second-order valence-corrected chi connectivity index (χ2v) is 4.30. The normalized spacial score (nSPS) is 13.3. The number of halogens is 1. The first-order valence-corrected chi connectivity index (χ1v) is 5.40. The largest absolute Gasteiger partial charge is 0.126 e. The second-order valence-electron chi connectivity index (χ2n) is 2.91. The molecule has 0 aliphatic rings. The van der Waals surface area contributed by atoms with Crippen LogP contribution in [0.25, 0.3) is 0 Å². The third kappa shape index (κ3) is 2.08. The van der Waals surface area contributed by atoms with E-state index in [0.29, 0.717) is 5.92 Å². The standard InChI is InChI=1S/C9H13ClSi/c1-7(6-10)8-4-2-3-5-9(8)11/h2-5,7H,6H2,1,11H3. The lowest BCUT2D eigenvalue weighted by atomic mass is 10.0. The highest BCUT2D eigenvalue weighted by atomic mass is 35.5. The van der Waals surface area contributed by atoms with Crippen molar-refractivity contribution >= 4 is 27.0 Å². The van der Waals surface area contributed by atoms with Gasteiger partial charge in [-0.25, -0.2) is 0 Å².